The lowest BCUT2D eigenvalue weighted by atomic mass is 9.77. The fourth-order valence-corrected chi connectivity index (χ4v) is 13.1. The van der Waals surface area contributed by atoms with Gasteiger partial charge in [-0.1, -0.05) is 216 Å². The Morgan fingerprint density at radius 3 is 1.36 bits per heavy atom. The lowest BCUT2D eigenvalue weighted by Crippen LogP contribution is -2.21. The zero-order valence-electron chi connectivity index (χ0n) is 41.9. The van der Waals surface area contributed by atoms with Crippen LogP contribution in [0.2, 0.25) is 0 Å². The number of nitrogens with zero attached hydrogens (tertiary/aromatic N) is 1. The van der Waals surface area contributed by atoms with Crippen molar-refractivity contribution in [1.29, 1.82) is 0 Å². The zero-order chi connectivity index (χ0) is 45.7. The van der Waals surface area contributed by atoms with E-state index in [2.05, 4.69) is 125 Å². The molecule has 0 N–H and O–H groups in total. The van der Waals surface area contributed by atoms with Crippen molar-refractivity contribution in [2.24, 2.45) is 0 Å². The van der Waals surface area contributed by atoms with Gasteiger partial charge in [0.2, 0.25) is 0 Å². The van der Waals surface area contributed by atoms with Crippen LogP contribution in [0, 0.1) is 0 Å². The van der Waals surface area contributed by atoms with Gasteiger partial charge in [0, 0.05) is 18.8 Å². The van der Waals surface area contributed by atoms with Crippen molar-refractivity contribution in [1.82, 2.24) is 0 Å². The minimum absolute atomic E-state index is 0.548. The molecular formula is C65H81N. The maximum Gasteiger partial charge on any atom is 0.0414 e. The summed E-state index contributed by atoms with van der Waals surface area (Å²) in [6.07, 6.45) is 30.9. The Hall–Kier alpha value is -4.62. The molecule has 1 nitrogen and oxygen atoms in total. The van der Waals surface area contributed by atoms with E-state index < -0.39 is 0 Å². The van der Waals surface area contributed by atoms with Gasteiger partial charge in [0.25, 0.3) is 0 Å². The fraction of sp³-hybridized carbons (Fsp3) is 0.477. The highest BCUT2D eigenvalue weighted by Crippen LogP contribution is 2.53. The first kappa shape index (κ1) is 46.5. The molecule has 66 heavy (non-hydrogen) atoms. The predicted octanol–water partition coefficient (Wildman–Crippen LogP) is 21.0. The van der Waals surface area contributed by atoms with E-state index in [1.165, 1.54) is 239 Å². The zero-order valence-corrected chi connectivity index (χ0v) is 41.9. The van der Waals surface area contributed by atoms with E-state index in [-0.39, 0.29) is 0 Å². The van der Waals surface area contributed by atoms with Crippen LogP contribution in [0.1, 0.15) is 210 Å². The van der Waals surface area contributed by atoms with E-state index >= 15 is 0 Å². The lowest BCUT2D eigenvalue weighted by Gasteiger charge is -2.31. The Morgan fingerprint density at radius 1 is 0.485 bits per heavy atom. The first-order valence-corrected chi connectivity index (χ1v) is 27.3. The predicted molar refractivity (Wildman–Crippen MR) is 298 cm³/mol. The number of benzene rings is 8. The molecule has 1 aliphatic rings. The van der Waals surface area contributed by atoms with Gasteiger partial charge < -0.3 is 4.90 Å². The first-order valence-electron chi connectivity index (χ1n) is 27.3. The summed E-state index contributed by atoms with van der Waals surface area (Å²) in [5.41, 5.74) is 8.54. The second kappa shape index (κ2) is 21.1. The minimum Gasteiger partial charge on any atom is -0.371 e. The number of hydrogen-bond donors (Lipinski definition) is 0. The van der Waals surface area contributed by atoms with Gasteiger partial charge in [-0.05, 0) is 161 Å². The summed E-state index contributed by atoms with van der Waals surface area (Å²) >= 11 is 0. The van der Waals surface area contributed by atoms with Crippen molar-refractivity contribution in [3.05, 3.63) is 102 Å². The van der Waals surface area contributed by atoms with E-state index in [0.29, 0.717) is 11.8 Å². The molecule has 0 aromatic heterocycles. The van der Waals surface area contributed by atoms with Gasteiger partial charge in [-0.25, -0.2) is 0 Å². The molecule has 0 radical (unpaired) electrons. The third-order valence-corrected chi connectivity index (χ3v) is 16.4. The second-order valence-corrected chi connectivity index (χ2v) is 21.0. The summed E-state index contributed by atoms with van der Waals surface area (Å²) in [6, 6.07) is 27.6. The summed E-state index contributed by atoms with van der Waals surface area (Å²) in [5, 5.41) is 20.0. The highest BCUT2D eigenvalue weighted by Gasteiger charge is 2.29. The molecule has 0 unspecified atom stereocenters. The Labute approximate surface area is 398 Å². The van der Waals surface area contributed by atoms with E-state index in [9.17, 15) is 0 Å². The van der Waals surface area contributed by atoms with E-state index in [0.717, 1.165) is 13.1 Å². The first-order chi connectivity index (χ1) is 32.4. The Morgan fingerprint density at radius 2 is 0.894 bits per heavy atom. The number of unbranched alkanes of at least 4 members (excludes halogenated alkanes) is 12. The highest BCUT2D eigenvalue weighted by molar-refractivity contribution is 6.43. The third kappa shape index (κ3) is 8.60. The monoisotopic (exact) mass is 876 g/mol. The average molecular weight is 876 g/mol. The molecule has 1 heteroatoms. The van der Waals surface area contributed by atoms with Gasteiger partial charge in [0.05, 0.1) is 0 Å². The van der Waals surface area contributed by atoms with Gasteiger partial charge in [0.1, 0.15) is 0 Å². The largest absolute Gasteiger partial charge is 0.371 e. The molecule has 346 valence electrons. The smallest absolute Gasteiger partial charge is 0.0414 e. The second-order valence-electron chi connectivity index (χ2n) is 21.0. The van der Waals surface area contributed by atoms with E-state index in [4.69, 9.17) is 0 Å². The van der Waals surface area contributed by atoms with Gasteiger partial charge >= 0.3 is 0 Å². The number of hydrogen-bond acceptors (Lipinski definition) is 1. The van der Waals surface area contributed by atoms with Crippen LogP contribution in [-0.4, -0.2) is 13.1 Å². The van der Waals surface area contributed by atoms with E-state index in [1.54, 1.807) is 11.1 Å². The third-order valence-electron chi connectivity index (χ3n) is 16.4. The molecule has 8 aromatic carbocycles. The van der Waals surface area contributed by atoms with Crippen molar-refractivity contribution in [2.75, 3.05) is 18.0 Å². The molecule has 1 fully saturated rings. The summed E-state index contributed by atoms with van der Waals surface area (Å²) in [5.74, 6) is 1.12. The maximum atomic E-state index is 4.62. The van der Waals surface area contributed by atoms with Gasteiger partial charge in [0.15, 0.2) is 0 Å². The number of rotatable bonds is 25. The van der Waals surface area contributed by atoms with Crippen LogP contribution in [0.3, 0.4) is 0 Å². The van der Waals surface area contributed by atoms with Crippen LogP contribution in [0.25, 0.3) is 87.1 Å². The van der Waals surface area contributed by atoms with Crippen LogP contribution < -0.4 is 4.90 Å². The molecule has 0 aliphatic carbocycles. The van der Waals surface area contributed by atoms with Crippen molar-refractivity contribution in [2.45, 2.75) is 188 Å². The van der Waals surface area contributed by atoms with Crippen LogP contribution in [0.5, 0.6) is 0 Å². The normalized spacial score (nSPS) is 13.7. The minimum atomic E-state index is 0.548. The molecule has 0 atom stereocenters. The summed E-state index contributed by atoms with van der Waals surface area (Å²) < 4.78 is 0. The summed E-state index contributed by atoms with van der Waals surface area (Å²) in [4.78, 5) is 2.78. The SMILES string of the molecule is C=Cc1ccc2c3ccc4c5ccc(C(=C)C)c6c(C(CCCCCC)CCCCCC)ccc(c7ccc(c8cc(N9CCCC9)c(C(CCCCCC)CCCCCC)c1c28)c3c47)c65. The number of anilines is 1. The van der Waals surface area contributed by atoms with Crippen LogP contribution in [0.15, 0.2) is 79.9 Å². The molecule has 1 aliphatic heterocycles. The molecule has 8 aromatic rings. The Balaban J connectivity index is 1.31. The molecule has 0 saturated carbocycles. The maximum absolute atomic E-state index is 4.62. The fourth-order valence-electron chi connectivity index (χ4n) is 13.1. The van der Waals surface area contributed by atoms with Crippen molar-refractivity contribution in [3.8, 4) is 0 Å². The highest BCUT2D eigenvalue weighted by atomic mass is 15.1. The quantitative estimate of drug-likeness (QED) is 0.0314. The molecule has 0 amide bonds. The topological polar surface area (TPSA) is 3.24 Å². The lowest BCUT2D eigenvalue weighted by molar-refractivity contribution is 0.498. The van der Waals surface area contributed by atoms with Gasteiger partial charge in [-0.2, -0.15) is 0 Å². The Bertz CT molecular complexity index is 2890. The molecular weight excluding hydrogens is 795 g/mol. The van der Waals surface area contributed by atoms with Crippen LogP contribution >= 0.6 is 0 Å². The Kier molecular flexibility index (Phi) is 14.9. The molecule has 1 saturated heterocycles. The summed E-state index contributed by atoms with van der Waals surface area (Å²) in [6.45, 7) is 23.0. The molecule has 0 spiro atoms. The van der Waals surface area contributed by atoms with Gasteiger partial charge in [-0.3, -0.25) is 0 Å². The number of allylic oxidation sites excluding steroid dienone is 1. The molecule has 1 heterocycles. The molecule has 0 bridgehead atoms. The van der Waals surface area contributed by atoms with Crippen molar-refractivity contribution < 1.29 is 0 Å². The van der Waals surface area contributed by atoms with Gasteiger partial charge in [-0.15, -0.1) is 0 Å². The average Bonchev–Trinajstić information content (AvgIpc) is 3.89. The number of fused-ring (bicyclic) bond motifs is 4. The van der Waals surface area contributed by atoms with Crippen molar-refractivity contribution >= 4 is 92.7 Å². The molecule has 9 rings (SSSR count). The standard InChI is InChI=1S/C65H81N/c1-8-13-17-21-27-46(28-22-18-14-9-2)49-34-36-52-55-39-40-56-57-43-58(66-41-25-26-42-66)59(47(29-23-19-15-10-3)30-24-20-16-11-4)60-45(12-5)31-32-50(65(57)60)53-37-38-54(63(55)64(53)56)51-35-33-48(44(6)7)61(49)62(51)52/h12,31-40,43,46-47H,5-6,8-11,13-30,41-42H2,1-4,7H3. The van der Waals surface area contributed by atoms with Crippen molar-refractivity contribution in [3.63, 3.8) is 0 Å². The van der Waals surface area contributed by atoms with E-state index in [1.807, 2.05) is 0 Å². The van der Waals surface area contributed by atoms with Crippen LogP contribution in [-0.2, 0) is 0 Å². The summed E-state index contributed by atoms with van der Waals surface area (Å²) in [7, 11) is 0. The van der Waals surface area contributed by atoms with Crippen LogP contribution in [0.4, 0.5) is 5.69 Å².